The molecule has 1 aliphatic carbocycles. The van der Waals surface area contributed by atoms with Crippen LogP contribution in [0.5, 0.6) is 0 Å². The van der Waals surface area contributed by atoms with Crippen LogP contribution in [-0.2, 0) is 28.9 Å². The third kappa shape index (κ3) is 3.09. The van der Waals surface area contributed by atoms with E-state index in [0.717, 1.165) is 41.6 Å². The SMILES string of the molecule is N#Cc1cc(C(=O)O)cc2c1-c1nn(C[C@H]3COCCO3)cc1CCC2. The van der Waals surface area contributed by atoms with E-state index in [-0.39, 0.29) is 11.7 Å². The van der Waals surface area contributed by atoms with Gasteiger partial charge in [0.1, 0.15) is 6.10 Å². The Morgan fingerprint density at radius 2 is 2.19 bits per heavy atom. The summed E-state index contributed by atoms with van der Waals surface area (Å²) in [6, 6.07) is 5.26. The van der Waals surface area contributed by atoms with E-state index in [0.29, 0.717) is 31.9 Å². The van der Waals surface area contributed by atoms with Crippen molar-refractivity contribution in [1.82, 2.24) is 9.78 Å². The highest BCUT2D eigenvalue weighted by atomic mass is 16.6. The Balaban J connectivity index is 1.74. The zero-order valence-corrected chi connectivity index (χ0v) is 14.3. The first-order chi connectivity index (χ1) is 12.7. The molecule has 2 heterocycles. The average molecular weight is 353 g/mol. The van der Waals surface area contributed by atoms with Crippen molar-refractivity contribution in [2.45, 2.75) is 31.9 Å². The van der Waals surface area contributed by atoms with Crippen LogP contribution in [0.4, 0.5) is 0 Å². The number of nitriles is 1. The van der Waals surface area contributed by atoms with E-state index < -0.39 is 5.97 Å². The summed E-state index contributed by atoms with van der Waals surface area (Å²) in [7, 11) is 0. The van der Waals surface area contributed by atoms with Gasteiger partial charge >= 0.3 is 5.97 Å². The minimum absolute atomic E-state index is 0.0309. The molecule has 26 heavy (non-hydrogen) atoms. The molecule has 4 rings (SSSR count). The number of aromatic nitrogens is 2. The normalized spacial score (nSPS) is 19.1. The smallest absolute Gasteiger partial charge is 0.335 e. The van der Waals surface area contributed by atoms with Crippen LogP contribution in [0.3, 0.4) is 0 Å². The highest BCUT2D eigenvalue weighted by molar-refractivity contribution is 5.90. The van der Waals surface area contributed by atoms with Gasteiger partial charge in [-0.3, -0.25) is 4.68 Å². The second-order valence-electron chi connectivity index (χ2n) is 6.62. The number of aromatic carboxylic acids is 1. The molecule has 0 bridgehead atoms. The molecular formula is C19H19N3O4. The fourth-order valence-electron chi connectivity index (χ4n) is 3.66. The third-order valence-electron chi connectivity index (χ3n) is 4.83. The zero-order chi connectivity index (χ0) is 18.1. The van der Waals surface area contributed by atoms with Crippen LogP contribution in [0.1, 0.15) is 33.5 Å². The van der Waals surface area contributed by atoms with Crippen LogP contribution >= 0.6 is 0 Å². The van der Waals surface area contributed by atoms with Crippen molar-refractivity contribution in [3.05, 3.63) is 40.6 Å². The summed E-state index contributed by atoms with van der Waals surface area (Å²) in [6.45, 7) is 2.35. The van der Waals surface area contributed by atoms with Crippen molar-refractivity contribution in [2.75, 3.05) is 19.8 Å². The van der Waals surface area contributed by atoms with Crippen molar-refractivity contribution in [1.29, 1.82) is 5.26 Å². The lowest BCUT2D eigenvalue weighted by molar-refractivity contribution is -0.0946. The molecule has 7 heteroatoms. The molecule has 0 amide bonds. The molecule has 2 aromatic rings. The Morgan fingerprint density at radius 3 is 2.92 bits per heavy atom. The van der Waals surface area contributed by atoms with Crippen LogP contribution in [0, 0.1) is 11.3 Å². The minimum atomic E-state index is -1.02. The van der Waals surface area contributed by atoms with E-state index in [1.54, 1.807) is 6.07 Å². The standard InChI is InChI=1S/C19H19N3O4/c20-8-15-7-14(19(23)24)6-12-2-1-3-13-9-22(21-18(13)17(12)15)10-16-11-25-4-5-26-16/h6-7,9,16H,1-5,10-11H2,(H,23,24)/t16-/m0/s1. The van der Waals surface area contributed by atoms with E-state index in [4.69, 9.17) is 14.6 Å². The second kappa shape index (κ2) is 6.90. The number of carboxylic acid groups (broad SMARTS) is 1. The van der Waals surface area contributed by atoms with Gasteiger partial charge in [-0.2, -0.15) is 10.4 Å². The number of aryl methyl sites for hydroxylation is 2. The average Bonchev–Trinajstić information content (AvgIpc) is 2.95. The molecule has 1 aliphatic heterocycles. The molecule has 7 nitrogen and oxygen atoms in total. The number of fused-ring (bicyclic) bond motifs is 3. The number of benzene rings is 1. The van der Waals surface area contributed by atoms with Gasteiger partial charge in [-0.15, -0.1) is 0 Å². The van der Waals surface area contributed by atoms with Crippen LogP contribution in [-0.4, -0.2) is 46.8 Å². The van der Waals surface area contributed by atoms with Crippen LogP contribution in [0.25, 0.3) is 11.3 Å². The van der Waals surface area contributed by atoms with Gasteiger partial charge < -0.3 is 14.6 Å². The largest absolute Gasteiger partial charge is 0.478 e. The van der Waals surface area contributed by atoms with E-state index >= 15 is 0 Å². The molecule has 1 atom stereocenters. The number of hydrogen-bond acceptors (Lipinski definition) is 5. The summed E-state index contributed by atoms with van der Waals surface area (Å²) >= 11 is 0. The van der Waals surface area contributed by atoms with Gasteiger partial charge in [0.2, 0.25) is 0 Å². The molecule has 1 fully saturated rings. The van der Waals surface area contributed by atoms with Crippen LogP contribution < -0.4 is 0 Å². The predicted molar refractivity (Wildman–Crippen MR) is 91.9 cm³/mol. The Hall–Kier alpha value is -2.69. The second-order valence-corrected chi connectivity index (χ2v) is 6.62. The van der Waals surface area contributed by atoms with E-state index in [9.17, 15) is 15.2 Å². The summed E-state index contributed by atoms with van der Waals surface area (Å²) in [4.78, 5) is 11.4. The van der Waals surface area contributed by atoms with E-state index in [1.165, 1.54) is 6.07 Å². The molecule has 0 saturated carbocycles. The molecule has 0 unspecified atom stereocenters. The third-order valence-corrected chi connectivity index (χ3v) is 4.83. The van der Waals surface area contributed by atoms with Gasteiger partial charge in [-0.25, -0.2) is 4.79 Å². The Bertz CT molecular complexity index is 891. The maximum absolute atomic E-state index is 11.4. The lowest BCUT2D eigenvalue weighted by atomic mass is 9.94. The van der Waals surface area contributed by atoms with Gasteiger partial charge in [-0.1, -0.05) is 0 Å². The molecule has 134 valence electrons. The number of rotatable bonds is 3. The van der Waals surface area contributed by atoms with E-state index in [1.807, 2.05) is 10.9 Å². The number of nitrogens with zero attached hydrogens (tertiary/aromatic N) is 3. The zero-order valence-electron chi connectivity index (χ0n) is 14.3. The minimum Gasteiger partial charge on any atom is -0.478 e. The Morgan fingerprint density at radius 1 is 1.35 bits per heavy atom. The molecule has 0 spiro atoms. The van der Waals surface area contributed by atoms with E-state index in [2.05, 4.69) is 6.07 Å². The van der Waals surface area contributed by atoms with Crippen molar-refractivity contribution in [3.8, 4) is 17.3 Å². The van der Waals surface area contributed by atoms with Crippen LogP contribution in [0.2, 0.25) is 0 Å². The van der Waals surface area contributed by atoms with Gasteiger partial charge in [0.05, 0.1) is 49.3 Å². The molecule has 1 aromatic carbocycles. The molecular weight excluding hydrogens is 334 g/mol. The summed E-state index contributed by atoms with van der Waals surface area (Å²) in [6.07, 6.45) is 4.45. The predicted octanol–water partition coefficient (Wildman–Crippen LogP) is 2.02. The fourth-order valence-corrected chi connectivity index (χ4v) is 3.66. The quantitative estimate of drug-likeness (QED) is 0.907. The van der Waals surface area contributed by atoms with Gasteiger partial charge in [-0.05, 0) is 42.5 Å². The van der Waals surface area contributed by atoms with Crippen LogP contribution in [0.15, 0.2) is 18.3 Å². The topological polar surface area (TPSA) is 97.4 Å². The molecule has 0 radical (unpaired) electrons. The van der Waals surface area contributed by atoms with Crippen molar-refractivity contribution < 1.29 is 19.4 Å². The maximum Gasteiger partial charge on any atom is 0.335 e. The summed E-state index contributed by atoms with van der Waals surface area (Å²) < 4.78 is 13.0. The Kier molecular flexibility index (Phi) is 4.45. The summed E-state index contributed by atoms with van der Waals surface area (Å²) in [5.74, 6) is -1.02. The first kappa shape index (κ1) is 16.8. The fraction of sp³-hybridized carbons (Fsp3) is 0.421. The maximum atomic E-state index is 11.4. The summed E-state index contributed by atoms with van der Waals surface area (Å²) in [5.41, 5.74) is 4.02. The lowest BCUT2D eigenvalue weighted by Crippen LogP contribution is -2.32. The number of carbonyl (C=O) groups is 1. The number of ether oxygens (including phenoxy) is 2. The number of carboxylic acids is 1. The highest BCUT2D eigenvalue weighted by Gasteiger charge is 2.24. The first-order valence-corrected chi connectivity index (χ1v) is 8.72. The molecule has 1 N–H and O–H groups in total. The highest BCUT2D eigenvalue weighted by Crippen LogP contribution is 2.35. The first-order valence-electron chi connectivity index (χ1n) is 8.72. The number of hydrogen-bond donors (Lipinski definition) is 1. The molecule has 1 aromatic heterocycles. The lowest BCUT2D eigenvalue weighted by Gasteiger charge is -2.22. The summed E-state index contributed by atoms with van der Waals surface area (Å²) in [5, 5.41) is 23.6. The van der Waals surface area contributed by atoms with Gasteiger partial charge in [0, 0.05) is 11.8 Å². The van der Waals surface area contributed by atoms with Crippen molar-refractivity contribution >= 4 is 5.97 Å². The molecule has 1 saturated heterocycles. The van der Waals surface area contributed by atoms with Gasteiger partial charge in [0.25, 0.3) is 0 Å². The van der Waals surface area contributed by atoms with Crippen molar-refractivity contribution in [2.24, 2.45) is 0 Å². The monoisotopic (exact) mass is 353 g/mol. The molecule has 2 aliphatic rings. The van der Waals surface area contributed by atoms with Crippen molar-refractivity contribution in [3.63, 3.8) is 0 Å². The Labute approximate surface area is 150 Å². The van der Waals surface area contributed by atoms with Gasteiger partial charge in [0.15, 0.2) is 0 Å².